The lowest BCUT2D eigenvalue weighted by Crippen LogP contribution is -2.56. The molecule has 8 heteroatoms. The third kappa shape index (κ3) is 4.52. The van der Waals surface area contributed by atoms with E-state index in [1.165, 1.54) is 55.6 Å². The second kappa shape index (κ2) is 8.99. The Kier molecular flexibility index (Phi) is 6.57. The number of ether oxygens (including phenoxy) is 2. The quantitative estimate of drug-likeness (QED) is 0.450. The molecule has 0 aliphatic heterocycles. The molecule has 0 bridgehead atoms. The molecule has 0 radical (unpaired) electrons. The number of amides is 1. The maximum Gasteiger partial charge on any atom is 0.430 e. The molecule has 0 saturated heterocycles. The first kappa shape index (κ1) is 22.7. The Bertz CT molecular complexity index is 1020. The molecule has 0 fully saturated rings. The van der Waals surface area contributed by atoms with Gasteiger partial charge in [0.1, 0.15) is 11.5 Å². The van der Waals surface area contributed by atoms with Gasteiger partial charge in [-0.25, -0.2) is 0 Å². The number of likely N-dealkylation sites (N-methyl/N-ethyl adjacent to an activating group) is 1. The molecule has 0 N–H and O–H groups in total. The van der Waals surface area contributed by atoms with Crippen molar-refractivity contribution >= 4 is 23.2 Å². The van der Waals surface area contributed by atoms with Crippen molar-refractivity contribution in [3.05, 3.63) is 89.4 Å². The molecule has 0 aromatic heterocycles. The summed E-state index contributed by atoms with van der Waals surface area (Å²) in [6, 6.07) is 19.7. The Morgan fingerprint density at radius 2 is 1.42 bits per heavy atom. The van der Waals surface area contributed by atoms with Crippen LogP contribution in [-0.4, -0.2) is 26.2 Å². The van der Waals surface area contributed by atoms with Crippen LogP contribution in [0.25, 0.3) is 0 Å². The van der Waals surface area contributed by atoms with E-state index in [1.54, 1.807) is 24.3 Å². The van der Waals surface area contributed by atoms with E-state index in [0.29, 0.717) is 16.5 Å². The van der Waals surface area contributed by atoms with Crippen LogP contribution in [0, 0.1) is 0 Å². The molecule has 0 spiro atoms. The molecule has 3 rings (SSSR count). The fourth-order valence-corrected chi connectivity index (χ4v) is 3.26. The zero-order valence-corrected chi connectivity index (χ0v) is 17.4. The van der Waals surface area contributed by atoms with E-state index >= 15 is 0 Å². The van der Waals surface area contributed by atoms with Crippen LogP contribution in [0.1, 0.15) is 5.56 Å². The molecule has 162 valence electrons. The van der Waals surface area contributed by atoms with Crippen LogP contribution in [0.3, 0.4) is 0 Å². The number of benzene rings is 3. The normalized spacial score (nSPS) is 13.4. The van der Waals surface area contributed by atoms with Gasteiger partial charge in [0.2, 0.25) is 0 Å². The van der Waals surface area contributed by atoms with Crippen molar-refractivity contribution in [3.63, 3.8) is 0 Å². The lowest BCUT2D eigenvalue weighted by molar-refractivity contribution is -0.264. The number of halogens is 4. The number of carbonyl (C=O) groups excluding carboxylic acids is 1. The largest absolute Gasteiger partial charge is 0.457 e. The first-order valence-electron chi connectivity index (χ1n) is 9.18. The van der Waals surface area contributed by atoms with Crippen LogP contribution >= 0.6 is 11.6 Å². The Labute approximate surface area is 182 Å². The van der Waals surface area contributed by atoms with Gasteiger partial charge in [-0.3, -0.25) is 4.79 Å². The fraction of sp³-hybridized carbons (Fsp3) is 0.174. The van der Waals surface area contributed by atoms with Crippen molar-refractivity contribution in [1.82, 2.24) is 0 Å². The van der Waals surface area contributed by atoms with Crippen LogP contribution in [0.2, 0.25) is 5.02 Å². The predicted molar refractivity (Wildman–Crippen MR) is 113 cm³/mol. The minimum Gasteiger partial charge on any atom is -0.457 e. The highest BCUT2D eigenvalue weighted by atomic mass is 35.5. The number of anilines is 1. The van der Waals surface area contributed by atoms with Gasteiger partial charge < -0.3 is 14.4 Å². The number of nitrogens with zero attached hydrogens (tertiary/aromatic N) is 1. The van der Waals surface area contributed by atoms with Crippen LogP contribution < -0.4 is 9.64 Å². The SMILES string of the molecule is COC(C(=O)N(C)c1ccc(Cl)cc1)(c1ccc(Oc2ccccc2)cc1)C(F)(F)F. The van der Waals surface area contributed by atoms with Crippen molar-refractivity contribution in [2.75, 3.05) is 19.1 Å². The van der Waals surface area contributed by atoms with E-state index in [1.807, 2.05) is 6.07 Å². The van der Waals surface area contributed by atoms with Crippen LogP contribution in [-0.2, 0) is 15.1 Å². The number of hydrogen-bond acceptors (Lipinski definition) is 3. The van der Waals surface area contributed by atoms with Gasteiger partial charge in [-0.05, 0) is 48.5 Å². The first-order chi connectivity index (χ1) is 14.7. The summed E-state index contributed by atoms with van der Waals surface area (Å²) in [5, 5.41) is 0.396. The van der Waals surface area contributed by atoms with Gasteiger partial charge in [0.05, 0.1) is 0 Å². The third-order valence-electron chi connectivity index (χ3n) is 4.76. The minimum atomic E-state index is -5.03. The van der Waals surface area contributed by atoms with Gasteiger partial charge >= 0.3 is 6.18 Å². The number of carbonyl (C=O) groups is 1. The maximum absolute atomic E-state index is 14.3. The van der Waals surface area contributed by atoms with Gasteiger partial charge in [-0.15, -0.1) is 0 Å². The average Bonchev–Trinajstić information content (AvgIpc) is 2.75. The van der Waals surface area contributed by atoms with E-state index in [-0.39, 0.29) is 11.3 Å². The molecular formula is C23H19ClF3NO3. The molecule has 1 atom stereocenters. The molecule has 31 heavy (non-hydrogen) atoms. The molecule has 0 heterocycles. The highest BCUT2D eigenvalue weighted by Gasteiger charge is 2.63. The van der Waals surface area contributed by atoms with Gasteiger partial charge in [0.25, 0.3) is 11.5 Å². The zero-order chi connectivity index (χ0) is 22.6. The number of methoxy groups -OCH3 is 1. The van der Waals surface area contributed by atoms with E-state index in [9.17, 15) is 18.0 Å². The van der Waals surface area contributed by atoms with Gasteiger partial charge in [-0.1, -0.05) is 41.9 Å². The summed E-state index contributed by atoms with van der Waals surface area (Å²) in [6.07, 6.45) is -5.03. The Hall–Kier alpha value is -3.03. The third-order valence-corrected chi connectivity index (χ3v) is 5.02. The standard InChI is InChI=1S/C23H19ClF3NO3/c1-28(18-12-10-17(24)11-13-18)21(29)22(30-2,23(25,26)27)16-8-14-20(15-9-16)31-19-6-4-3-5-7-19/h3-15H,1-2H3. The molecule has 1 unspecified atom stereocenters. The minimum absolute atomic E-state index is 0.240. The van der Waals surface area contributed by atoms with Gasteiger partial charge in [0, 0.05) is 30.4 Å². The molecule has 3 aromatic rings. The van der Waals surface area contributed by atoms with Crippen LogP contribution in [0.5, 0.6) is 11.5 Å². The number of alkyl halides is 3. The van der Waals surface area contributed by atoms with Crippen molar-refractivity contribution in [3.8, 4) is 11.5 Å². The highest BCUT2D eigenvalue weighted by molar-refractivity contribution is 6.30. The Morgan fingerprint density at radius 1 is 0.871 bits per heavy atom. The predicted octanol–water partition coefficient (Wildman–Crippen LogP) is 6.20. The summed E-state index contributed by atoms with van der Waals surface area (Å²) in [7, 11) is 2.10. The smallest absolute Gasteiger partial charge is 0.430 e. The second-order valence-electron chi connectivity index (χ2n) is 6.66. The molecular weight excluding hydrogens is 431 g/mol. The molecule has 0 aliphatic rings. The van der Waals surface area contributed by atoms with Crippen LogP contribution in [0.15, 0.2) is 78.9 Å². The average molecular weight is 450 g/mol. The lowest BCUT2D eigenvalue weighted by Gasteiger charge is -2.36. The number of hydrogen-bond donors (Lipinski definition) is 0. The summed E-state index contributed by atoms with van der Waals surface area (Å²) in [4.78, 5) is 14.0. The molecule has 3 aromatic carbocycles. The molecule has 0 aliphatic carbocycles. The second-order valence-corrected chi connectivity index (χ2v) is 7.10. The van der Waals surface area contributed by atoms with Gasteiger partial charge in [0.15, 0.2) is 0 Å². The number of rotatable bonds is 6. The van der Waals surface area contributed by atoms with Crippen LogP contribution in [0.4, 0.5) is 18.9 Å². The highest BCUT2D eigenvalue weighted by Crippen LogP contribution is 2.44. The summed E-state index contributed by atoms with van der Waals surface area (Å²) in [5.74, 6) is -0.440. The fourth-order valence-electron chi connectivity index (χ4n) is 3.13. The van der Waals surface area contributed by atoms with Crippen molar-refractivity contribution in [2.24, 2.45) is 0 Å². The van der Waals surface area contributed by atoms with Crippen molar-refractivity contribution < 1.29 is 27.4 Å². The summed E-state index contributed by atoms with van der Waals surface area (Å²) in [5.41, 5.74) is -3.33. The van der Waals surface area contributed by atoms with Crippen molar-refractivity contribution in [1.29, 1.82) is 0 Å². The van der Waals surface area contributed by atoms with E-state index < -0.39 is 17.7 Å². The first-order valence-corrected chi connectivity index (χ1v) is 9.56. The summed E-state index contributed by atoms with van der Waals surface area (Å²) >= 11 is 5.83. The zero-order valence-electron chi connectivity index (χ0n) is 16.7. The Balaban J connectivity index is 1.98. The molecule has 1 amide bonds. The topological polar surface area (TPSA) is 38.8 Å². The number of para-hydroxylation sites is 1. The maximum atomic E-state index is 14.3. The molecule has 0 saturated carbocycles. The summed E-state index contributed by atoms with van der Waals surface area (Å²) in [6.45, 7) is 0. The monoisotopic (exact) mass is 449 g/mol. The van der Waals surface area contributed by atoms with E-state index in [0.717, 1.165) is 12.0 Å². The summed E-state index contributed by atoms with van der Waals surface area (Å²) < 4.78 is 53.3. The van der Waals surface area contributed by atoms with E-state index in [2.05, 4.69) is 0 Å². The Morgan fingerprint density at radius 3 is 1.94 bits per heavy atom. The lowest BCUT2D eigenvalue weighted by atomic mass is 9.90. The van der Waals surface area contributed by atoms with Crippen molar-refractivity contribution in [2.45, 2.75) is 11.8 Å². The van der Waals surface area contributed by atoms with Gasteiger partial charge in [-0.2, -0.15) is 13.2 Å². The van der Waals surface area contributed by atoms with E-state index in [4.69, 9.17) is 21.1 Å². The molecule has 4 nitrogen and oxygen atoms in total.